The van der Waals surface area contributed by atoms with Gasteiger partial charge in [0.2, 0.25) is 5.91 Å². The minimum atomic E-state index is -0.733. The zero-order chi connectivity index (χ0) is 32.5. The summed E-state index contributed by atoms with van der Waals surface area (Å²) < 4.78 is 10.9. The number of anilines is 2. The molecule has 2 aliphatic heterocycles. The third-order valence-corrected chi connectivity index (χ3v) is 9.00. The Balaban J connectivity index is 1.22. The first-order chi connectivity index (χ1) is 22.4. The molecule has 0 aromatic heterocycles. The van der Waals surface area contributed by atoms with Crippen molar-refractivity contribution in [3.05, 3.63) is 83.4 Å². The van der Waals surface area contributed by atoms with Crippen LogP contribution in [-0.2, 0) is 16.1 Å². The average molecular weight is 664 g/mol. The summed E-state index contributed by atoms with van der Waals surface area (Å²) in [6.45, 7) is 9.07. The van der Waals surface area contributed by atoms with E-state index in [0.29, 0.717) is 40.4 Å². The van der Waals surface area contributed by atoms with E-state index in [2.05, 4.69) is 39.4 Å². The van der Waals surface area contributed by atoms with E-state index in [9.17, 15) is 9.59 Å². The summed E-state index contributed by atoms with van der Waals surface area (Å²) in [7, 11) is 1.54. The van der Waals surface area contributed by atoms with Gasteiger partial charge in [0.05, 0.1) is 30.8 Å². The molecule has 0 aliphatic carbocycles. The summed E-state index contributed by atoms with van der Waals surface area (Å²) in [6, 6.07) is 22.2. The molecule has 1 atom stereocenters. The lowest BCUT2D eigenvalue weighted by atomic mass is 10.1. The Morgan fingerprint density at radius 3 is 2.37 bits per heavy atom. The Morgan fingerprint density at radius 2 is 1.70 bits per heavy atom. The molecule has 1 N–H and O–H groups in total. The van der Waals surface area contributed by atoms with Gasteiger partial charge in [-0.25, -0.2) is 0 Å². The molecule has 9 nitrogen and oxygen atoms in total. The first kappa shape index (κ1) is 33.7. The smallest absolute Gasteiger partial charge is 0.256 e. The molecule has 244 valence electrons. The molecule has 0 spiro atoms. The van der Waals surface area contributed by atoms with Crippen molar-refractivity contribution in [2.45, 2.75) is 38.8 Å². The first-order valence-electron chi connectivity index (χ1n) is 15.9. The molecule has 5 rings (SSSR count). The van der Waals surface area contributed by atoms with Gasteiger partial charge in [0.15, 0.2) is 5.11 Å². The second-order valence-electron chi connectivity index (χ2n) is 11.6. The van der Waals surface area contributed by atoms with Gasteiger partial charge in [-0.3, -0.25) is 19.4 Å². The maximum absolute atomic E-state index is 13.9. The minimum absolute atomic E-state index is 0.0361. The van der Waals surface area contributed by atoms with E-state index >= 15 is 0 Å². The summed E-state index contributed by atoms with van der Waals surface area (Å²) in [4.78, 5) is 35.5. The number of piperazine rings is 1. The van der Waals surface area contributed by atoms with Gasteiger partial charge in [0.1, 0.15) is 17.5 Å². The number of hydrogen-bond acceptors (Lipinski definition) is 7. The van der Waals surface area contributed by atoms with Crippen molar-refractivity contribution < 1.29 is 19.1 Å². The van der Waals surface area contributed by atoms with Crippen LogP contribution in [-0.4, -0.2) is 90.7 Å². The van der Waals surface area contributed by atoms with Crippen LogP contribution in [0.25, 0.3) is 0 Å². The maximum Gasteiger partial charge on any atom is 0.256 e. The highest BCUT2D eigenvalue weighted by molar-refractivity contribution is 7.80. The van der Waals surface area contributed by atoms with E-state index in [4.69, 9.17) is 33.3 Å². The second-order valence-corrected chi connectivity index (χ2v) is 12.3. The van der Waals surface area contributed by atoms with Crippen LogP contribution < -0.4 is 19.7 Å². The van der Waals surface area contributed by atoms with Crippen molar-refractivity contribution in [3.63, 3.8) is 0 Å². The monoisotopic (exact) mass is 663 g/mol. The van der Waals surface area contributed by atoms with Crippen LogP contribution in [0.2, 0.25) is 5.02 Å². The van der Waals surface area contributed by atoms with Crippen LogP contribution in [0.1, 0.15) is 31.7 Å². The molecule has 2 amide bonds. The molecule has 11 heteroatoms. The summed E-state index contributed by atoms with van der Waals surface area (Å²) in [6.07, 6.45) is 1.68. The summed E-state index contributed by atoms with van der Waals surface area (Å²) in [5.41, 5.74) is 2.52. The number of nitrogens with one attached hydrogen (secondary N) is 1. The Kier molecular flexibility index (Phi) is 11.9. The zero-order valence-corrected chi connectivity index (χ0v) is 28.1. The summed E-state index contributed by atoms with van der Waals surface area (Å²) >= 11 is 12.3. The predicted molar refractivity (Wildman–Crippen MR) is 187 cm³/mol. The van der Waals surface area contributed by atoms with Gasteiger partial charge in [-0.1, -0.05) is 48.9 Å². The fourth-order valence-electron chi connectivity index (χ4n) is 5.84. The number of ether oxygens (including phenoxy) is 2. The van der Waals surface area contributed by atoms with Gasteiger partial charge < -0.3 is 24.6 Å². The van der Waals surface area contributed by atoms with Crippen LogP contribution in [0.4, 0.5) is 11.4 Å². The van der Waals surface area contributed by atoms with Crippen molar-refractivity contribution in [1.82, 2.24) is 14.7 Å². The Morgan fingerprint density at radius 1 is 0.978 bits per heavy atom. The molecule has 0 bridgehead atoms. The van der Waals surface area contributed by atoms with Crippen molar-refractivity contribution in [1.29, 1.82) is 0 Å². The SMILES string of the molecule is CCCOc1ccc(NC(=O)C[C@H]2C(=O)N(c3ccc(OC)c(Cl)c3)C(=S)N2CCCN2CCN(Cc3ccccc3)CC2)cc1. The standard InChI is InChI=1S/C35H42ClN5O4S/c1-3-22-45-29-13-10-27(11-14-29)37-33(42)24-31-34(43)41(28-12-15-32(44-2)30(36)23-28)35(46)40(31)17-7-16-38-18-20-39(21-19-38)25-26-8-5-4-6-9-26/h4-6,8-15,23,31H,3,7,16-22,24-25H2,1-2H3,(H,37,42)/t31-/m0/s1. The molecule has 2 aliphatic rings. The largest absolute Gasteiger partial charge is 0.495 e. The molecule has 3 aromatic rings. The van der Waals surface area contributed by atoms with Crippen molar-refractivity contribution in [3.8, 4) is 11.5 Å². The van der Waals surface area contributed by atoms with Gasteiger partial charge in [-0.2, -0.15) is 0 Å². The lowest BCUT2D eigenvalue weighted by Crippen LogP contribution is -2.47. The number of halogens is 1. The number of amides is 2. The van der Waals surface area contributed by atoms with E-state index in [-0.39, 0.29) is 18.2 Å². The molecular formula is C35H42ClN5O4S. The number of methoxy groups -OCH3 is 1. The van der Waals surface area contributed by atoms with Crippen LogP contribution in [0.5, 0.6) is 11.5 Å². The second kappa shape index (κ2) is 16.2. The van der Waals surface area contributed by atoms with Crippen LogP contribution >= 0.6 is 23.8 Å². The highest BCUT2D eigenvalue weighted by Crippen LogP contribution is 2.33. The highest BCUT2D eigenvalue weighted by Gasteiger charge is 2.44. The van der Waals surface area contributed by atoms with Crippen LogP contribution in [0, 0.1) is 0 Å². The average Bonchev–Trinajstić information content (AvgIpc) is 3.29. The van der Waals surface area contributed by atoms with Crippen LogP contribution in [0.15, 0.2) is 72.8 Å². The van der Waals surface area contributed by atoms with Gasteiger partial charge in [-0.15, -0.1) is 0 Å². The molecular weight excluding hydrogens is 622 g/mol. The highest BCUT2D eigenvalue weighted by atomic mass is 35.5. The number of hydrogen-bond donors (Lipinski definition) is 1. The molecule has 3 aromatic carbocycles. The van der Waals surface area contributed by atoms with Crippen molar-refractivity contribution in [2.24, 2.45) is 0 Å². The van der Waals surface area contributed by atoms with Crippen molar-refractivity contribution in [2.75, 3.05) is 63.2 Å². The molecule has 46 heavy (non-hydrogen) atoms. The van der Waals surface area contributed by atoms with E-state index < -0.39 is 6.04 Å². The van der Waals surface area contributed by atoms with Gasteiger partial charge in [0.25, 0.3) is 5.91 Å². The van der Waals surface area contributed by atoms with Gasteiger partial charge >= 0.3 is 0 Å². The number of carbonyl (C=O) groups excluding carboxylic acids is 2. The number of carbonyl (C=O) groups is 2. The molecule has 0 radical (unpaired) electrons. The lowest BCUT2D eigenvalue weighted by Gasteiger charge is -2.35. The minimum Gasteiger partial charge on any atom is -0.495 e. The van der Waals surface area contributed by atoms with Gasteiger partial charge in [-0.05, 0) is 79.6 Å². The van der Waals surface area contributed by atoms with E-state index in [0.717, 1.165) is 57.9 Å². The molecule has 2 heterocycles. The molecule has 2 fully saturated rings. The van der Waals surface area contributed by atoms with Crippen molar-refractivity contribution >= 4 is 52.1 Å². The lowest BCUT2D eigenvalue weighted by molar-refractivity contribution is -0.124. The fourth-order valence-corrected chi connectivity index (χ4v) is 6.50. The predicted octanol–water partition coefficient (Wildman–Crippen LogP) is 5.68. The summed E-state index contributed by atoms with van der Waals surface area (Å²) in [5.74, 6) is 0.733. The topological polar surface area (TPSA) is 77.6 Å². The number of nitrogens with zero attached hydrogens (tertiary/aromatic N) is 4. The first-order valence-corrected chi connectivity index (χ1v) is 16.6. The van der Waals surface area contributed by atoms with E-state index in [1.807, 2.05) is 30.0 Å². The quantitative estimate of drug-likeness (QED) is 0.221. The molecule has 2 saturated heterocycles. The third-order valence-electron chi connectivity index (χ3n) is 8.29. The number of thiocarbonyl (C=S) groups is 1. The normalized spacial score (nSPS) is 17.4. The Hall–Kier alpha value is -3.70. The number of benzene rings is 3. The molecule has 0 saturated carbocycles. The Labute approximate surface area is 282 Å². The summed E-state index contributed by atoms with van der Waals surface area (Å²) in [5, 5.41) is 3.68. The maximum atomic E-state index is 13.9. The number of rotatable bonds is 14. The third kappa shape index (κ3) is 8.55. The zero-order valence-electron chi connectivity index (χ0n) is 26.5. The van der Waals surface area contributed by atoms with Crippen LogP contribution in [0.3, 0.4) is 0 Å². The molecule has 0 unspecified atom stereocenters. The fraction of sp³-hybridized carbons (Fsp3) is 0.400. The Bertz CT molecular complexity index is 1480. The van der Waals surface area contributed by atoms with E-state index in [1.54, 1.807) is 30.3 Å². The van der Waals surface area contributed by atoms with Gasteiger partial charge in [0, 0.05) is 45.0 Å². The van der Waals surface area contributed by atoms with E-state index in [1.165, 1.54) is 17.6 Å².